The third kappa shape index (κ3) is 4.35. The van der Waals surface area contributed by atoms with Crippen molar-refractivity contribution in [1.82, 2.24) is 5.32 Å². The van der Waals surface area contributed by atoms with Gasteiger partial charge in [0.05, 0.1) is 6.42 Å². The fourth-order valence-corrected chi connectivity index (χ4v) is 2.64. The summed E-state index contributed by atoms with van der Waals surface area (Å²) in [7, 11) is 0. The van der Waals surface area contributed by atoms with Crippen molar-refractivity contribution in [2.45, 2.75) is 45.6 Å². The van der Waals surface area contributed by atoms with Crippen molar-refractivity contribution < 1.29 is 9.90 Å². The van der Waals surface area contributed by atoms with Crippen LogP contribution in [0.25, 0.3) is 0 Å². The maximum Gasteiger partial charge on any atom is 0.307 e. The van der Waals surface area contributed by atoms with E-state index in [-0.39, 0.29) is 6.42 Å². The molecule has 0 unspecified atom stereocenters. The molecule has 3 nitrogen and oxygen atoms in total. The summed E-state index contributed by atoms with van der Waals surface area (Å²) >= 11 is 0. The molecule has 1 aliphatic carbocycles. The monoisotopic (exact) mass is 261 g/mol. The van der Waals surface area contributed by atoms with Gasteiger partial charge in [0, 0.05) is 13.1 Å². The van der Waals surface area contributed by atoms with Crippen molar-refractivity contribution in [3.05, 3.63) is 35.4 Å². The number of rotatable bonds is 8. The van der Waals surface area contributed by atoms with E-state index in [1.54, 1.807) is 0 Å². The minimum atomic E-state index is -0.777. The molecular formula is C16H23NO2. The van der Waals surface area contributed by atoms with Crippen LogP contribution < -0.4 is 5.32 Å². The van der Waals surface area contributed by atoms with E-state index in [2.05, 4.69) is 12.2 Å². The lowest BCUT2D eigenvalue weighted by Crippen LogP contribution is -2.23. The minimum Gasteiger partial charge on any atom is -0.481 e. The van der Waals surface area contributed by atoms with Crippen molar-refractivity contribution in [2.24, 2.45) is 5.41 Å². The van der Waals surface area contributed by atoms with Crippen LogP contribution in [0.5, 0.6) is 0 Å². The molecule has 0 spiro atoms. The highest BCUT2D eigenvalue weighted by Gasteiger charge is 2.40. The largest absolute Gasteiger partial charge is 0.481 e. The number of hydrogen-bond donors (Lipinski definition) is 2. The summed E-state index contributed by atoms with van der Waals surface area (Å²) in [5.41, 5.74) is 2.67. The van der Waals surface area contributed by atoms with E-state index < -0.39 is 5.97 Å². The summed E-state index contributed by atoms with van der Waals surface area (Å²) in [6.07, 6.45) is 5.44. The van der Waals surface area contributed by atoms with Crippen molar-refractivity contribution in [2.75, 3.05) is 6.54 Å². The normalized spacial score (nSPS) is 16.3. The second-order valence-electron chi connectivity index (χ2n) is 5.74. The third-order valence-corrected chi connectivity index (χ3v) is 3.94. The molecule has 0 aromatic heterocycles. The highest BCUT2D eigenvalue weighted by Crippen LogP contribution is 2.48. The maximum absolute atomic E-state index is 10.6. The van der Waals surface area contributed by atoms with Crippen LogP contribution in [0.4, 0.5) is 0 Å². The summed E-state index contributed by atoms with van der Waals surface area (Å²) in [5.74, 6) is -0.777. The second kappa shape index (κ2) is 6.20. The zero-order valence-corrected chi connectivity index (χ0v) is 11.6. The number of aliphatic carboxylic acids is 1. The predicted octanol–water partition coefficient (Wildman–Crippen LogP) is 2.98. The van der Waals surface area contributed by atoms with Crippen LogP contribution in [0.15, 0.2) is 24.3 Å². The zero-order valence-electron chi connectivity index (χ0n) is 11.6. The molecule has 0 saturated heterocycles. The van der Waals surface area contributed by atoms with Crippen molar-refractivity contribution in [3.63, 3.8) is 0 Å². The molecule has 0 aliphatic heterocycles. The smallest absolute Gasteiger partial charge is 0.307 e. The van der Waals surface area contributed by atoms with Crippen molar-refractivity contribution in [3.8, 4) is 0 Å². The van der Waals surface area contributed by atoms with E-state index >= 15 is 0 Å². The first kappa shape index (κ1) is 14.1. The number of nitrogens with one attached hydrogen (secondary N) is 1. The number of carboxylic acid groups (broad SMARTS) is 1. The highest BCUT2D eigenvalue weighted by atomic mass is 16.4. The molecule has 1 fully saturated rings. The average molecular weight is 261 g/mol. The molecule has 2 rings (SSSR count). The van der Waals surface area contributed by atoms with E-state index in [0.717, 1.165) is 18.7 Å². The molecule has 2 N–H and O–H groups in total. The average Bonchev–Trinajstić information content (AvgIpc) is 3.11. The Kier molecular flexibility index (Phi) is 4.59. The topological polar surface area (TPSA) is 49.3 Å². The molecule has 0 atom stereocenters. The fourth-order valence-electron chi connectivity index (χ4n) is 2.64. The Morgan fingerprint density at radius 1 is 1.26 bits per heavy atom. The van der Waals surface area contributed by atoms with E-state index in [0.29, 0.717) is 5.41 Å². The highest BCUT2D eigenvalue weighted by molar-refractivity contribution is 5.70. The number of benzene rings is 1. The molecule has 104 valence electrons. The molecule has 0 radical (unpaired) electrons. The number of hydrogen-bond acceptors (Lipinski definition) is 2. The van der Waals surface area contributed by atoms with Gasteiger partial charge in [0.1, 0.15) is 0 Å². The van der Waals surface area contributed by atoms with Gasteiger partial charge < -0.3 is 10.4 Å². The Morgan fingerprint density at radius 3 is 2.42 bits per heavy atom. The van der Waals surface area contributed by atoms with Gasteiger partial charge in [-0.3, -0.25) is 4.79 Å². The van der Waals surface area contributed by atoms with Crippen LogP contribution in [0.1, 0.15) is 43.7 Å². The van der Waals surface area contributed by atoms with Crippen LogP contribution in [-0.4, -0.2) is 17.6 Å². The van der Waals surface area contributed by atoms with E-state index in [4.69, 9.17) is 5.11 Å². The van der Waals surface area contributed by atoms with Crippen molar-refractivity contribution in [1.29, 1.82) is 0 Å². The van der Waals surface area contributed by atoms with E-state index in [1.807, 2.05) is 24.3 Å². The fraction of sp³-hybridized carbons (Fsp3) is 0.562. The first-order valence-electron chi connectivity index (χ1n) is 7.14. The zero-order chi connectivity index (χ0) is 13.7. The molecule has 19 heavy (non-hydrogen) atoms. The van der Waals surface area contributed by atoms with Crippen LogP contribution in [0.2, 0.25) is 0 Å². The van der Waals surface area contributed by atoms with Gasteiger partial charge in [0.15, 0.2) is 0 Å². The lowest BCUT2D eigenvalue weighted by atomic mass is 10.0. The lowest BCUT2D eigenvalue weighted by Gasteiger charge is -2.15. The first-order valence-corrected chi connectivity index (χ1v) is 7.14. The Hall–Kier alpha value is -1.35. The van der Waals surface area contributed by atoms with Gasteiger partial charge in [-0.25, -0.2) is 0 Å². The molecule has 0 amide bonds. The van der Waals surface area contributed by atoms with Crippen molar-refractivity contribution >= 4 is 5.97 Å². The predicted molar refractivity (Wildman–Crippen MR) is 76.1 cm³/mol. The van der Waals surface area contributed by atoms with Crippen LogP contribution in [0, 0.1) is 5.41 Å². The van der Waals surface area contributed by atoms with Crippen LogP contribution in [-0.2, 0) is 17.8 Å². The SMILES string of the molecule is CCCC1(CNCc2ccc(CC(=O)O)cc2)CC1. The molecule has 0 bridgehead atoms. The maximum atomic E-state index is 10.6. The lowest BCUT2D eigenvalue weighted by molar-refractivity contribution is -0.136. The minimum absolute atomic E-state index is 0.104. The van der Waals surface area contributed by atoms with Gasteiger partial charge >= 0.3 is 5.97 Å². The van der Waals surface area contributed by atoms with Crippen LogP contribution in [0.3, 0.4) is 0 Å². The summed E-state index contributed by atoms with van der Waals surface area (Å²) in [4.78, 5) is 10.6. The Balaban J connectivity index is 1.75. The molecule has 0 heterocycles. The molecule has 1 aliphatic rings. The standard InChI is InChI=1S/C16H23NO2/c1-2-7-16(8-9-16)12-17-11-14-5-3-13(4-6-14)10-15(18)19/h3-6,17H,2,7-12H2,1H3,(H,18,19). The molecule has 1 aromatic rings. The molecule has 1 aromatic carbocycles. The summed E-state index contributed by atoms with van der Waals surface area (Å²) in [6.45, 7) is 4.23. The van der Waals surface area contributed by atoms with E-state index in [1.165, 1.54) is 31.2 Å². The van der Waals surface area contributed by atoms with Crippen LogP contribution >= 0.6 is 0 Å². The van der Waals surface area contributed by atoms with Gasteiger partial charge in [-0.1, -0.05) is 37.6 Å². The number of carbonyl (C=O) groups is 1. The molecule has 3 heteroatoms. The van der Waals surface area contributed by atoms with E-state index in [9.17, 15) is 4.79 Å². The second-order valence-corrected chi connectivity index (χ2v) is 5.74. The Bertz CT molecular complexity index is 421. The quantitative estimate of drug-likeness (QED) is 0.756. The summed E-state index contributed by atoms with van der Waals surface area (Å²) < 4.78 is 0. The van der Waals surface area contributed by atoms with Gasteiger partial charge in [-0.05, 0) is 35.8 Å². The van der Waals surface area contributed by atoms with Gasteiger partial charge in [-0.2, -0.15) is 0 Å². The Labute approximate surface area is 115 Å². The third-order valence-electron chi connectivity index (χ3n) is 3.94. The molecule has 1 saturated carbocycles. The number of carboxylic acids is 1. The van der Waals surface area contributed by atoms with Gasteiger partial charge in [-0.15, -0.1) is 0 Å². The summed E-state index contributed by atoms with van der Waals surface area (Å²) in [5, 5.41) is 12.2. The Morgan fingerprint density at radius 2 is 1.89 bits per heavy atom. The van der Waals surface area contributed by atoms with Gasteiger partial charge in [0.25, 0.3) is 0 Å². The first-order chi connectivity index (χ1) is 9.13. The molecular weight excluding hydrogens is 238 g/mol. The summed E-state index contributed by atoms with van der Waals surface area (Å²) in [6, 6.07) is 7.85. The van der Waals surface area contributed by atoms with Gasteiger partial charge in [0.2, 0.25) is 0 Å².